The molecule has 5 nitrogen and oxygen atoms in total. The Bertz CT molecular complexity index is 656. The molecule has 0 bridgehead atoms. The number of nitriles is 1. The van der Waals surface area contributed by atoms with Gasteiger partial charge >= 0.3 is 0 Å². The van der Waals surface area contributed by atoms with Gasteiger partial charge in [0.25, 0.3) is 0 Å². The van der Waals surface area contributed by atoms with Gasteiger partial charge in [0.2, 0.25) is 10.0 Å². The molecule has 1 aliphatic rings. The van der Waals surface area contributed by atoms with Crippen LogP contribution in [0.3, 0.4) is 0 Å². The van der Waals surface area contributed by atoms with Gasteiger partial charge in [-0.15, -0.1) is 0 Å². The largest absolute Gasteiger partial charge is 0.306 e. The van der Waals surface area contributed by atoms with E-state index in [2.05, 4.69) is 18.0 Å². The maximum Gasteiger partial charge on any atom is 0.243 e. The number of rotatable bonds is 3. The van der Waals surface area contributed by atoms with Crippen molar-refractivity contribution in [2.75, 3.05) is 27.2 Å². The monoisotopic (exact) mass is 307 g/mol. The van der Waals surface area contributed by atoms with Crippen LogP contribution in [0.15, 0.2) is 23.1 Å². The molecule has 0 spiro atoms. The summed E-state index contributed by atoms with van der Waals surface area (Å²) in [5.41, 5.74) is 1.20. The fourth-order valence-corrected chi connectivity index (χ4v) is 4.14. The number of hydrogen-bond acceptors (Lipinski definition) is 4. The van der Waals surface area contributed by atoms with Gasteiger partial charge < -0.3 is 4.90 Å². The van der Waals surface area contributed by atoms with Crippen molar-refractivity contribution in [3.8, 4) is 6.07 Å². The van der Waals surface area contributed by atoms with Crippen LogP contribution in [0.25, 0.3) is 0 Å². The Morgan fingerprint density at radius 3 is 2.48 bits per heavy atom. The van der Waals surface area contributed by atoms with Gasteiger partial charge in [-0.25, -0.2) is 8.42 Å². The van der Waals surface area contributed by atoms with Crippen LogP contribution < -0.4 is 0 Å². The number of nitrogens with zero attached hydrogens (tertiary/aromatic N) is 3. The fraction of sp³-hybridized carbons (Fsp3) is 0.533. The zero-order valence-electron chi connectivity index (χ0n) is 12.7. The van der Waals surface area contributed by atoms with Gasteiger partial charge in [-0.3, -0.25) is 0 Å². The quantitative estimate of drug-likeness (QED) is 0.850. The Hall–Kier alpha value is -1.42. The summed E-state index contributed by atoms with van der Waals surface area (Å²) in [6.07, 6.45) is 1.70. The van der Waals surface area contributed by atoms with Gasteiger partial charge in [0.15, 0.2) is 0 Å². The third-order valence-electron chi connectivity index (χ3n) is 4.20. The van der Waals surface area contributed by atoms with Crippen LogP contribution >= 0.6 is 0 Å². The molecule has 0 aromatic heterocycles. The van der Waals surface area contributed by atoms with Gasteiger partial charge in [-0.2, -0.15) is 9.57 Å². The highest BCUT2D eigenvalue weighted by atomic mass is 32.2. The first kappa shape index (κ1) is 16.0. The minimum atomic E-state index is -3.50. The van der Waals surface area contributed by atoms with E-state index in [-0.39, 0.29) is 10.9 Å². The molecule has 114 valence electrons. The Labute approximate surface area is 126 Å². The molecule has 1 aromatic rings. The Kier molecular flexibility index (Phi) is 4.67. The molecular formula is C15H21N3O2S. The number of benzene rings is 1. The zero-order valence-corrected chi connectivity index (χ0v) is 13.5. The SMILES string of the molecule is Cc1cc(S(=O)(=O)N(C)C2CCN(C)CC2)ccc1C#N. The van der Waals surface area contributed by atoms with E-state index in [9.17, 15) is 8.42 Å². The summed E-state index contributed by atoms with van der Waals surface area (Å²) in [5, 5.41) is 8.94. The summed E-state index contributed by atoms with van der Waals surface area (Å²) >= 11 is 0. The number of sulfonamides is 1. The minimum absolute atomic E-state index is 0.0437. The van der Waals surface area contributed by atoms with E-state index in [1.54, 1.807) is 26.1 Å². The van der Waals surface area contributed by atoms with Crippen molar-refractivity contribution >= 4 is 10.0 Å². The molecular weight excluding hydrogens is 286 g/mol. The van der Waals surface area contributed by atoms with Crippen molar-refractivity contribution in [3.63, 3.8) is 0 Å². The average molecular weight is 307 g/mol. The standard InChI is InChI=1S/C15H21N3O2S/c1-12-10-15(5-4-13(12)11-16)21(19,20)18(3)14-6-8-17(2)9-7-14/h4-5,10,14H,6-9H2,1-3H3. The zero-order chi connectivity index (χ0) is 15.6. The van der Waals surface area contributed by atoms with Crippen LogP contribution in [0, 0.1) is 18.3 Å². The molecule has 0 aliphatic carbocycles. The molecule has 1 aromatic carbocycles. The Morgan fingerprint density at radius 1 is 1.33 bits per heavy atom. The summed E-state index contributed by atoms with van der Waals surface area (Å²) in [6, 6.07) is 6.78. The first-order valence-corrected chi connectivity index (χ1v) is 8.47. The first-order valence-electron chi connectivity index (χ1n) is 7.03. The number of likely N-dealkylation sites (tertiary alicyclic amines) is 1. The smallest absolute Gasteiger partial charge is 0.243 e. The lowest BCUT2D eigenvalue weighted by Gasteiger charge is -2.34. The molecule has 1 fully saturated rings. The molecule has 2 rings (SSSR count). The molecule has 1 heterocycles. The fourth-order valence-electron chi connectivity index (χ4n) is 2.64. The van der Waals surface area contributed by atoms with Crippen molar-refractivity contribution in [2.45, 2.75) is 30.7 Å². The first-order chi connectivity index (χ1) is 9.86. The number of hydrogen-bond donors (Lipinski definition) is 0. The normalized spacial score (nSPS) is 17.9. The third-order valence-corrected chi connectivity index (χ3v) is 6.10. The van der Waals surface area contributed by atoms with Gasteiger partial charge in [0.05, 0.1) is 16.5 Å². The van der Waals surface area contributed by atoms with Crippen molar-refractivity contribution in [1.29, 1.82) is 5.26 Å². The molecule has 0 radical (unpaired) electrons. The van der Waals surface area contributed by atoms with E-state index >= 15 is 0 Å². The summed E-state index contributed by atoms with van der Waals surface area (Å²) in [7, 11) is 0.204. The van der Waals surface area contributed by atoms with Crippen molar-refractivity contribution < 1.29 is 8.42 Å². The Balaban J connectivity index is 2.25. The minimum Gasteiger partial charge on any atom is -0.306 e. The molecule has 21 heavy (non-hydrogen) atoms. The molecule has 0 unspecified atom stereocenters. The van der Waals surface area contributed by atoms with Crippen LogP contribution in [0.4, 0.5) is 0 Å². The molecule has 1 aliphatic heterocycles. The predicted molar refractivity (Wildman–Crippen MR) is 81.4 cm³/mol. The summed E-state index contributed by atoms with van der Waals surface area (Å²) in [5.74, 6) is 0. The highest BCUT2D eigenvalue weighted by Crippen LogP contribution is 2.23. The second-order valence-corrected chi connectivity index (χ2v) is 7.64. The van der Waals surface area contributed by atoms with Crippen LogP contribution in [0.2, 0.25) is 0 Å². The highest BCUT2D eigenvalue weighted by Gasteiger charge is 2.30. The van der Waals surface area contributed by atoms with E-state index in [0.717, 1.165) is 25.9 Å². The number of aryl methyl sites for hydroxylation is 1. The van der Waals surface area contributed by atoms with Crippen LogP contribution in [-0.2, 0) is 10.0 Å². The lowest BCUT2D eigenvalue weighted by atomic mass is 10.1. The second kappa shape index (κ2) is 6.14. The van der Waals surface area contributed by atoms with Crippen molar-refractivity contribution in [3.05, 3.63) is 29.3 Å². The summed E-state index contributed by atoms with van der Waals surface area (Å²) in [6.45, 7) is 3.58. The topological polar surface area (TPSA) is 64.4 Å². The molecule has 0 amide bonds. The van der Waals surface area contributed by atoms with Gasteiger partial charge in [-0.1, -0.05) is 0 Å². The van der Waals surface area contributed by atoms with Gasteiger partial charge in [0.1, 0.15) is 0 Å². The van der Waals surface area contributed by atoms with E-state index in [4.69, 9.17) is 5.26 Å². The van der Waals surface area contributed by atoms with Crippen LogP contribution in [0.5, 0.6) is 0 Å². The van der Waals surface area contributed by atoms with E-state index in [1.165, 1.54) is 10.4 Å². The molecule has 0 N–H and O–H groups in total. The average Bonchev–Trinajstić information content (AvgIpc) is 2.47. The van der Waals surface area contributed by atoms with E-state index in [1.807, 2.05) is 0 Å². The lowest BCUT2D eigenvalue weighted by molar-refractivity contribution is 0.197. The van der Waals surface area contributed by atoms with Crippen LogP contribution in [0.1, 0.15) is 24.0 Å². The predicted octanol–water partition coefficient (Wildman–Crippen LogP) is 1.58. The van der Waals surface area contributed by atoms with Gasteiger partial charge in [0, 0.05) is 13.1 Å². The summed E-state index contributed by atoms with van der Waals surface area (Å²) in [4.78, 5) is 2.48. The Morgan fingerprint density at radius 2 is 1.95 bits per heavy atom. The highest BCUT2D eigenvalue weighted by molar-refractivity contribution is 7.89. The van der Waals surface area contributed by atoms with E-state index in [0.29, 0.717) is 11.1 Å². The maximum atomic E-state index is 12.7. The lowest BCUT2D eigenvalue weighted by Crippen LogP contribution is -2.44. The molecule has 6 heteroatoms. The third kappa shape index (κ3) is 3.26. The molecule has 0 saturated carbocycles. The second-order valence-electron chi connectivity index (χ2n) is 5.64. The molecule has 1 saturated heterocycles. The molecule has 0 atom stereocenters. The van der Waals surface area contributed by atoms with E-state index < -0.39 is 10.0 Å². The van der Waals surface area contributed by atoms with Gasteiger partial charge in [-0.05, 0) is 63.7 Å². The van der Waals surface area contributed by atoms with Crippen molar-refractivity contribution in [2.24, 2.45) is 0 Å². The number of piperidine rings is 1. The van der Waals surface area contributed by atoms with Crippen molar-refractivity contribution in [1.82, 2.24) is 9.21 Å². The maximum absolute atomic E-state index is 12.7. The van der Waals surface area contributed by atoms with Crippen LogP contribution in [-0.4, -0.2) is 50.8 Å². The summed E-state index contributed by atoms with van der Waals surface area (Å²) < 4.78 is 26.9.